The van der Waals surface area contributed by atoms with E-state index in [1.54, 1.807) is 0 Å². The van der Waals surface area contributed by atoms with E-state index in [2.05, 4.69) is 47.3 Å². The summed E-state index contributed by atoms with van der Waals surface area (Å²) in [5, 5.41) is 4.86. The molecule has 23 heavy (non-hydrogen) atoms. The standard InChI is InChI=1S/C18H21N3.2ClH/c1-13-3-4-18-17(11-13)16(14(2)21-18)7-10-20-12-15-5-8-19-9-6-15;;/h3-6,8-9,11,20-21H,7,10,12H2,1-2H3;2*1H. The monoisotopic (exact) mass is 351 g/mol. The third-order valence-electron chi connectivity index (χ3n) is 3.91. The molecule has 0 spiro atoms. The molecule has 0 fully saturated rings. The van der Waals surface area contributed by atoms with Gasteiger partial charge in [0.1, 0.15) is 0 Å². The van der Waals surface area contributed by atoms with E-state index in [0.717, 1.165) is 19.5 Å². The van der Waals surface area contributed by atoms with E-state index in [0.29, 0.717) is 0 Å². The first-order valence-electron chi connectivity index (χ1n) is 7.41. The van der Waals surface area contributed by atoms with Crippen molar-refractivity contribution < 1.29 is 0 Å². The van der Waals surface area contributed by atoms with Gasteiger partial charge in [-0.05, 0) is 62.2 Å². The van der Waals surface area contributed by atoms with Gasteiger partial charge in [0.2, 0.25) is 0 Å². The molecule has 2 heterocycles. The summed E-state index contributed by atoms with van der Waals surface area (Å²) in [6.45, 7) is 6.17. The summed E-state index contributed by atoms with van der Waals surface area (Å²) in [4.78, 5) is 7.51. The number of hydrogen-bond donors (Lipinski definition) is 2. The Balaban J connectivity index is 0.00000132. The first-order valence-corrected chi connectivity index (χ1v) is 7.41. The second kappa shape index (κ2) is 8.92. The molecule has 0 aliphatic heterocycles. The topological polar surface area (TPSA) is 40.7 Å². The fourth-order valence-electron chi connectivity index (χ4n) is 2.77. The summed E-state index contributed by atoms with van der Waals surface area (Å²) < 4.78 is 0. The predicted molar refractivity (Wildman–Crippen MR) is 102 cm³/mol. The lowest BCUT2D eigenvalue weighted by atomic mass is 10.1. The lowest BCUT2D eigenvalue weighted by Gasteiger charge is -2.05. The number of halogens is 2. The van der Waals surface area contributed by atoms with E-state index < -0.39 is 0 Å². The van der Waals surface area contributed by atoms with Crippen molar-refractivity contribution in [2.24, 2.45) is 0 Å². The van der Waals surface area contributed by atoms with Crippen LogP contribution in [0, 0.1) is 13.8 Å². The summed E-state index contributed by atoms with van der Waals surface area (Å²) in [6.07, 6.45) is 4.72. The summed E-state index contributed by atoms with van der Waals surface area (Å²) in [6, 6.07) is 10.7. The Kier molecular flexibility index (Phi) is 7.56. The lowest BCUT2D eigenvalue weighted by Crippen LogP contribution is -2.16. The van der Waals surface area contributed by atoms with Gasteiger partial charge in [-0.2, -0.15) is 0 Å². The van der Waals surface area contributed by atoms with E-state index >= 15 is 0 Å². The van der Waals surface area contributed by atoms with Gasteiger partial charge in [-0.15, -0.1) is 24.8 Å². The Morgan fingerprint density at radius 3 is 2.52 bits per heavy atom. The van der Waals surface area contributed by atoms with Crippen molar-refractivity contribution in [1.29, 1.82) is 0 Å². The second-order valence-electron chi connectivity index (χ2n) is 5.56. The molecule has 0 amide bonds. The van der Waals surface area contributed by atoms with Crippen LogP contribution in [0.25, 0.3) is 10.9 Å². The van der Waals surface area contributed by atoms with Gasteiger partial charge in [0, 0.05) is 35.5 Å². The maximum Gasteiger partial charge on any atom is 0.0459 e. The third kappa shape index (κ3) is 4.71. The van der Waals surface area contributed by atoms with Gasteiger partial charge in [0.15, 0.2) is 0 Å². The van der Waals surface area contributed by atoms with E-state index in [1.165, 1.54) is 33.3 Å². The fraction of sp³-hybridized carbons (Fsp3) is 0.278. The maximum atomic E-state index is 4.04. The molecule has 0 bridgehead atoms. The quantitative estimate of drug-likeness (QED) is 0.670. The van der Waals surface area contributed by atoms with Crippen molar-refractivity contribution in [1.82, 2.24) is 15.3 Å². The zero-order chi connectivity index (χ0) is 14.7. The molecule has 0 radical (unpaired) electrons. The van der Waals surface area contributed by atoms with Crippen molar-refractivity contribution in [3.63, 3.8) is 0 Å². The summed E-state index contributed by atoms with van der Waals surface area (Å²) in [5.74, 6) is 0. The minimum Gasteiger partial charge on any atom is -0.358 e. The minimum atomic E-state index is 0. The van der Waals surface area contributed by atoms with Gasteiger partial charge < -0.3 is 10.3 Å². The molecule has 3 rings (SSSR count). The van der Waals surface area contributed by atoms with E-state index in [9.17, 15) is 0 Å². The molecule has 5 heteroatoms. The molecule has 2 aromatic heterocycles. The van der Waals surface area contributed by atoms with Gasteiger partial charge in [-0.25, -0.2) is 0 Å². The molecular weight excluding hydrogens is 329 g/mol. The van der Waals surface area contributed by atoms with Crippen LogP contribution in [-0.2, 0) is 13.0 Å². The number of nitrogens with zero attached hydrogens (tertiary/aromatic N) is 1. The Morgan fingerprint density at radius 2 is 1.78 bits per heavy atom. The van der Waals surface area contributed by atoms with E-state index in [4.69, 9.17) is 0 Å². The van der Waals surface area contributed by atoms with Crippen LogP contribution in [0.4, 0.5) is 0 Å². The molecule has 2 N–H and O–H groups in total. The SMILES string of the molecule is Cc1ccc2[nH]c(C)c(CCNCc3ccncc3)c2c1.Cl.Cl. The van der Waals surface area contributed by atoms with Crippen LogP contribution in [0.3, 0.4) is 0 Å². The van der Waals surface area contributed by atoms with Gasteiger partial charge >= 0.3 is 0 Å². The number of pyridine rings is 1. The molecule has 1 aromatic carbocycles. The third-order valence-corrected chi connectivity index (χ3v) is 3.91. The summed E-state index contributed by atoms with van der Waals surface area (Å²) in [7, 11) is 0. The zero-order valence-electron chi connectivity index (χ0n) is 13.4. The van der Waals surface area contributed by atoms with E-state index in [1.807, 2.05) is 24.5 Å². The van der Waals surface area contributed by atoms with Crippen molar-refractivity contribution in [2.75, 3.05) is 6.54 Å². The van der Waals surface area contributed by atoms with Crippen LogP contribution in [0.1, 0.15) is 22.4 Å². The van der Waals surface area contributed by atoms with Crippen LogP contribution >= 0.6 is 24.8 Å². The summed E-state index contributed by atoms with van der Waals surface area (Å²) >= 11 is 0. The highest BCUT2D eigenvalue weighted by atomic mass is 35.5. The minimum absolute atomic E-state index is 0. The Bertz CT molecular complexity index is 739. The maximum absolute atomic E-state index is 4.04. The molecule has 3 aromatic rings. The molecule has 0 atom stereocenters. The molecule has 0 saturated carbocycles. The predicted octanol–water partition coefficient (Wildman–Crippen LogP) is 4.36. The van der Waals surface area contributed by atoms with Gasteiger partial charge in [-0.3, -0.25) is 4.98 Å². The largest absolute Gasteiger partial charge is 0.358 e. The van der Waals surface area contributed by atoms with Crippen LogP contribution in [-0.4, -0.2) is 16.5 Å². The van der Waals surface area contributed by atoms with Crippen molar-refractivity contribution >= 4 is 35.7 Å². The van der Waals surface area contributed by atoms with Crippen molar-refractivity contribution in [3.8, 4) is 0 Å². The average molecular weight is 352 g/mol. The number of fused-ring (bicyclic) bond motifs is 1. The molecular formula is C18H23Cl2N3. The highest BCUT2D eigenvalue weighted by molar-refractivity contribution is 5.86. The van der Waals surface area contributed by atoms with E-state index in [-0.39, 0.29) is 24.8 Å². The summed E-state index contributed by atoms with van der Waals surface area (Å²) in [5.41, 5.74) is 6.53. The van der Waals surface area contributed by atoms with Gasteiger partial charge in [-0.1, -0.05) is 11.6 Å². The Labute approximate surface area is 149 Å². The number of hydrogen-bond acceptors (Lipinski definition) is 2. The number of nitrogens with one attached hydrogen (secondary N) is 2. The molecule has 0 aliphatic carbocycles. The number of H-pyrrole nitrogens is 1. The molecule has 0 aliphatic rings. The Hall–Kier alpha value is -1.55. The van der Waals surface area contributed by atoms with Crippen LogP contribution in [0.2, 0.25) is 0 Å². The molecule has 0 unspecified atom stereocenters. The molecule has 3 nitrogen and oxygen atoms in total. The highest BCUT2D eigenvalue weighted by Crippen LogP contribution is 2.23. The number of aromatic nitrogens is 2. The number of benzene rings is 1. The van der Waals surface area contributed by atoms with Crippen molar-refractivity contribution in [2.45, 2.75) is 26.8 Å². The number of rotatable bonds is 5. The molecule has 124 valence electrons. The number of aryl methyl sites for hydroxylation is 2. The Morgan fingerprint density at radius 1 is 1.04 bits per heavy atom. The van der Waals surface area contributed by atoms with Gasteiger partial charge in [0.05, 0.1) is 0 Å². The van der Waals surface area contributed by atoms with Crippen LogP contribution < -0.4 is 5.32 Å². The van der Waals surface area contributed by atoms with Crippen LogP contribution in [0.5, 0.6) is 0 Å². The second-order valence-corrected chi connectivity index (χ2v) is 5.56. The lowest BCUT2D eigenvalue weighted by molar-refractivity contribution is 0.686. The number of aromatic amines is 1. The average Bonchev–Trinajstić information content (AvgIpc) is 2.80. The zero-order valence-corrected chi connectivity index (χ0v) is 15.1. The van der Waals surface area contributed by atoms with Crippen molar-refractivity contribution in [3.05, 3.63) is 65.1 Å². The fourth-order valence-corrected chi connectivity index (χ4v) is 2.77. The van der Waals surface area contributed by atoms with Gasteiger partial charge in [0.25, 0.3) is 0 Å². The smallest absolute Gasteiger partial charge is 0.0459 e. The first kappa shape index (κ1) is 19.5. The first-order chi connectivity index (χ1) is 10.2. The highest BCUT2D eigenvalue weighted by Gasteiger charge is 2.07. The van der Waals surface area contributed by atoms with Crippen LogP contribution in [0.15, 0.2) is 42.7 Å². The normalized spacial score (nSPS) is 10.2. The molecule has 0 saturated heterocycles.